The molecule has 1 aliphatic heterocycles. The lowest BCUT2D eigenvalue weighted by molar-refractivity contribution is -0.909. The summed E-state index contributed by atoms with van der Waals surface area (Å²) in [6.45, 7) is 4.36. The van der Waals surface area contributed by atoms with Crippen molar-refractivity contribution in [1.29, 1.82) is 0 Å². The summed E-state index contributed by atoms with van der Waals surface area (Å²) in [7, 11) is 1.65. The van der Waals surface area contributed by atoms with E-state index in [2.05, 4.69) is 35.7 Å². The van der Waals surface area contributed by atoms with E-state index in [1.165, 1.54) is 16.0 Å². The van der Waals surface area contributed by atoms with Gasteiger partial charge < -0.3 is 15.0 Å². The highest BCUT2D eigenvalue weighted by Crippen LogP contribution is 2.18. The molecular formula is C22H27N2O2+. The van der Waals surface area contributed by atoms with E-state index in [0.29, 0.717) is 6.54 Å². The summed E-state index contributed by atoms with van der Waals surface area (Å²) in [5, 5.41) is 3.05. The summed E-state index contributed by atoms with van der Waals surface area (Å²) in [5.74, 6) is 0.892. The molecule has 0 spiro atoms. The Morgan fingerprint density at radius 1 is 1.15 bits per heavy atom. The van der Waals surface area contributed by atoms with Crippen LogP contribution < -0.4 is 15.0 Å². The van der Waals surface area contributed by atoms with Crippen molar-refractivity contribution < 1.29 is 14.4 Å². The molecule has 26 heavy (non-hydrogen) atoms. The van der Waals surface area contributed by atoms with Crippen LogP contribution in [0.4, 0.5) is 0 Å². The van der Waals surface area contributed by atoms with E-state index in [1.807, 2.05) is 37.3 Å². The molecule has 2 aromatic carbocycles. The molecule has 0 aliphatic carbocycles. The molecule has 1 unspecified atom stereocenters. The number of carbonyl (C=O) groups excluding carboxylic acids is 1. The van der Waals surface area contributed by atoms with Gasteiger partial charge in [0.2, 0.25) is 0 Å². The van der Waals surface area contributed by atoms with Gasteiger partial charge in [0.15, 0.2) is 6.04 Å². The van der Waals surface area contributed by atoms with E-state index in [4.69, 9.17) is 4.74 Å². The van der Waals surface area contributed by atoms with Crippen molar-refractivity contribution in [2.24, 2.45) is 0 Å². The maximum atomic E-state index is 12.6. The van der Waals surface area contributed by atoms with Crippen molar-refractivity contribution in [2.75, 3.05) is 20.2 Å². The number of rotatable bonds is 6. The van der Waals surface area contributed by atoms with Crippen molar-refractivity contribution in [3.05, 3.63) is 71.8 Å². The fourth-order valence-electron chi connectivity index (χ4n) is 3.43. The molecule has 2 aromatic rings. The minimum Gasteiger partial charge on any atom is -0.496 e. The number of methoxy groups -OCH3 is 1. The number of para-hydroxylation sites is 1. The summed E-state index contributed by atoms with van der Waals surface area (Å²) < 4.78 is 5.34. The van der Waals surface area contributed by atoms with Gasteiger partial charge in [-0.15, -0.1) is 0 Å². The molecule has 0 fully saturated rings. The zero-order valence-electron chi connectivity index (χ0n) is 15.5. The highest BCUT2D eigenvalue weighted by atomic mass is 16.5. The third-order valence-electron chi connectivity index (χ3n) is 5.12. The third-order valence-corrected chi connectivity index (χ3v) is 5.12. The highest BCUT2D eigenvalue weighted by Gasteiger charge is 2.26. The fraction of sp³-hybridized carbons (Fsp3) is 0.318. The Hall–Kier alpha value is -2.59. The van der Waals surface area contributed by atoms with Gasteiger partial charge >= 0.3 is 0 Å². The lowest BCUT2D eigenvalue weighted by atomic mass is 9.99. The highest BCUT2D eigenvalue weighted by molar-refractivity contribution is 5.80. The zero-order valence-corrected chi connectivity index (χ0v) is 15.5. The van der Waals surface area contributed by atoms with Crippen LogP contribution in [0, 0.1) is 0 Å². The molecule has 4 heteroatoms. The maximum Gasteiger partial charge on any atom is 0.278 e. The Bertz CT molecular complexity index is 771. The molecule has 1 aliphatic rings. The van der Waals surface area contributed by atoms with E-state index in [0.717, 1.165) is 30.8 Å². The van der Waals surface area contributed by atoms with Crippen LogP contribution in [0.3, 0.4) is 0 Å². The Balaban J connectivity index is 1.55. The number of hydrogen-bond acceptors (Lipinski definition) is 2. The Morgan fingerprint density at radius 2 is 1.88 bits per heavy atom. The molecule has 0 bridgehead atoms. The lowest BCUT2D eigenvalue weighted by Crippen LogP contribution is -3.17. The first kappa shape index (κ1) is 18.2. The molecular weight excluding hydrogens is 324 g/mol. The minimum atomic E-state index is -0.0710. The van der Waals surface area contributed by atoms with E-state index in [1.54, 1.807) is 7.11 Å². The molecule has 0 radical (unpaired) electrons. The molecule has 0 saturated carbocycles. The van der Waals surface area contributed by atoms with Crippen molar-refractivity contribution >= 4 is 11.5 Å². The minimum absolute atomic E-state index is 0.0710. The van der Waals surface area contributed by atoms with Gasteiger partial charge in [-0.25, -0.2) is 0 Å². The van der Waals surface area contributed by atoms with E-state index < -0.39 is 0 Å². The summed E-state index contributed by atoms with van der Waals surface area (Å²) in [6.07, 6.45) is 3.28. The van der Waals surface area contributed by atoms with Gasteiger partial charge in [-0.3, -0.25) is 4.79 Å². The van der Waals surface area contributed by atoms with Gasteiger partial charge in [0, 0.05) is 18.5 Å². The van der Waals surface area contributed by atoms with Gasteiger partial charge in [0.1, 0.15) is 5.75 Å². The Kier molecular flexibility index (Phi) is 6.08. The molecule has 3 rings (SSSR count). The molecule has 0 saturated heterocycles. The molecule has 2 atom stereocenters. The first-order chi connectivity index (χ1) is 12.7. The number of hydrogen-bond donors (Lipinski definition) is 2. The van der Waals surface area contributed by atoms with Crippen LogP contribution in [-0.2, 0) is 11.3 Å². The van der Waals surface area contributed by atoms with Crippen LogP contribution >= 0.6 is 0 Å². The van der Waals surface area contributed by atoms with Crippen LogP contribution in [0.25, 0.3) is 5.57 Å². The number of ether oxygens (including phenoxy) is 1. The van der Waals surface area contributed by atoms with Crippen LogP contribution in [0.5, 0.6) is 5.75 Å². The number of amides is 1. The van der Waals surface area contributed by atoms with Gasteiger partial charge in [-0.05, 0) is 30.2 Å². The SMILES string of the molecule is COc1ccccc1CNC(=O)[C@H](C)[NH+]1CC=C(c2ccccc2)CC1. The predicted molar refractivity (Wildman–Crippen MR) is 104 cm³/mol. The van der Waals surface area contributed by atoms with Gasteiger partial charge in [-0.2, -0.15) is 0 Å². The normalized spacial score (nSPS) is 17.9. The summed E-state index contributed by atoms with van der Waals surface area (Å²) >= 11 is 0. The third kappa shape index (κ3) is 4.33. The topological polar surface area (TPSA) is 42.8 Å². The summed E-state index contributed by atoms with van der Waals surface area (Å²) in [6, 6.07) is 18.2. The molecule has 2 N–H and O–H groups in total. The fourth-order valence-corrected chi connectivity index (χ4v) is 3.43. The molecule has 1 heterocycles. The number of quaternary nitrogens is 1. The smallest absolute Gasteiger partial charge is 0.278 e. The average Bonchev–Trinajstić information content (AvgIpc) is 2.72. The second-order valence-corrected chi connectivity index (χ2v) is 6.71. The van der Waals surface area contributed by atoms with Crippen molar-refractivity contribution in [1.82, 2.24) is 5.32 Å². The molecule has 4 nitrogen and oxygen atoms in total. The lowest BCUT2D eigenvalue weighted by Gasteiger charge is -2.28. The number of benzene rings is 2. The van der Waals surface area contributed by atoms with Crippen LogP contribution in [0.15, 0.2) is 60.7 Å². The van der Waals surface area contributed by atoms with Crippen molar-refractivity contribution in [2.45, 2.75) is 25.9 Å². The monoisotopic (exact) mass is 351 g/mol. The summed E-state index contributed by atoms with van der Waals surface area (Å²) in [4.78, 5) is 13.9. The standard InChI is InChI=1S/C22H26N2O2/c1-17(22(25)23-16-20-10-6-7-11-21(20)26-2)24-14-12-19(13-15-24)18-8-4-3-5-9-18/h3-12,17H,13-16H2,1-2H3,(H,23,25)/p+1/t17-/m0/s1. The molecule has 0 aromatic heterocycles. The van der Waals surface area contributed by atoms with E-state index in [9.17, 15) is 4.79 Å². The van der Waals surface area contributed by atoms with E-state index >= 15 is 0 Å². The molecule has 1 amide bonds. The maximum absolute atomic E-state index is 12.6. The van der Waals surface area contributed by atoms with E-state index in [-0.39, 0.29) is 11.9 Å². The van der Waals surface area contributed by atoms with Gasteiger partial charge in [-0.1, -0.05) is 48.5 Å². The quantitative estimate of drug-likeness (QED) is 0.837. The van der Waals surface area contributed by atoms with Gasteiger partial charge in [0.05, 0.1) is 20.2 Å². The predicted octanol–water partition coefficient (Wildman–Crippen LogP) is 2.07. The number of carbonyl (C=O) groups is 1. The van der Waals surface area contributed by atoms with Crippen LogP contribution in [-0.4, -0.2) is 32.1 Å². The van der Waals surface area contributed by atoms with Crippen molar-refractivity contribution in [3.63, 3.8) is 0 Å². The Labute approximate surface area is 155 Å². The zero-order chi connectivity index (χ0) is 18.4. The van der Waals surface area contributed by atoms with Crippen LogP contribution in [0.2, 0.25) is 0 Å². The number of nitrogens with one attached hydrogen (secondary N) is 2. The van der Waals surface area contributed by atoms with Crippen LogP contribution in [0.1, 0.15) is 24.5 Å². The first-order valence-corrected chi connectivity index (χ1v) is 9.17. The largest absolute Gasteiger partial charge is 0.496 e. The first-order valence-electron chi connectivity index (χ1n) is 9.17. The molecule has 136 valence electrons. The Morgan fingerprint density at radius 3 is 2.58 bits per heavy atom. The second kappa shape index (κ2) is 8.68. The summed E-state index contributed by atoms with van der Waals surface area (Å²) in [5.41, 5.74) is 3.67. The second-order valence-electron chi connectivity index (χ2n) is 6.71. The van der Waals surface area contributed by atoms with Gasteiger partial charge in [0.25, 0.3) is 5.91 Å². The average molecular weight is 351 g/mol. The van der Waals surface area contributed by atoms with Crippen molar-refractivity contribution in [3.8, 4) is 5.75 Å².